The number of aliphatic hydroxyl groups is 1. The highest BCUT2D eigenvalue weighted by atomic mass is 16.3. The van der Waals surface area contributed by atoms with Crippen LogP contribution in [0.1, 0.15) is 25.5 Å². The van der Waals surface area contributed by atoms with E-state index in [4.69, 9.17) is 5.11 Å². The molecule has 94 valence electrons. The second-order valence-corrected chi connectivity index (χ2v) is 4.09. The van der Waals surface area contributed by atoms with Crippen molar-refractivity contribution in [2.24, 2.45) is 0 Å². The Morgan fingerprint density at radius 1 is 1.47 bits per heavy atom. The van der Waals surface area contributed by atoms with Crippen LogP contribution in [-0.4, -0.2) is 40.7 Å². The smallest absolute Gasteiger partial charge is 0.317 e. The average Bonchev–Trinajstić information content (AvgIpc) is 2.37. The predicted molar refractivity (Wildman–Crippen MR) is 65.5 cm³/mol. The molecule has 5 nitrogen and oxygen atoms in total. The molecule has 1 heterocycles. The molecular weight excluding hydrogens is 218 g/mol. The number of nitrogens with one attached hydrogen (secondary N) is 1. The summed E-state index contributed by atoms with van der Waals surface area (Å²) in [4.78, 5) is 17.2. The highest BCUT2D eigenvalue weighted by Crippen LogP contribution is 2.10. The summed E-state index contributed by atoms with van der Waals surface area (Å²) in [5.74, 6) is 0. The molecule has 0 fully saturated rings. The van der Waals surface area contributed by atoms with Crippen LogP contribution < -0.4 is 5.32 Å². The molecule has 0 aliphatic carbocycles. The minimum absolute atomic E-state index is 0.0481. The summed E-state index contributed by atoms with van der Waals surface area (Å²) in [5.41, 5.74) is 0.999. The first-order valence-electron chi connectivity index (χ1n) is 5.60. The molecule has 17 heavy (non-hydrogen) atoms. The molecule has 0 aliphatic heterocycles. The van der Waals surface area contributed by atoms with Gasteiger partial charge in [-0.25, -0.2) is 4.79 Å². The molecule has 0 spiro atoms. The minimum Gasteiger partial charge on any atom is -0.394 e. The predicted octanol–water partition coefficient (Wildman–Crippen LogP) is 1.16. The Balaban J connectivity index is 2.57. The zero-order valence-corrected chi connectivity index (χ0v) is 10.4. The van der Waals surface area contributed by atoms with Gasteiger partial charge in [0.2, 0.25) is 0 Å². The number of urea groups is 1. The first-order valence-corrected chi connectivity index (χ1v) is 5.60. The third kappa shape index (κ3) is 3.71. The van der Waals surface area contributed by atoms with Gasteiger partial charge in [0.15, 0.2) is 0 Å². The van der Waals surface area contributed by atoms with Crippen LogP contribution >= 0.6 is 0 Å². The molecule has 1 aromatic heterocycles. The lowest BCUT2D eigenvalue weighted by Gasteiger charge is -2.25. The van der Waals surface area contributed by atoms with Crippen molar-refractivity contribution in [2.45, 2.75) is 25.9 Å². The number of aromatic nitrogens is 1. The van der Waals surface area contributed by atoms with Crippen molar-refractivity contribution in [1.82, 2.24) is 15.2 Å². The molecular formula is C12H19N3O2. The molecule has 0 radical (unpaired) electrons. The first-order chi connectivity index (χ1) is 8.06. The standard InChI is InChI=1S/C12H19N3O2/c1-9(8-16)15(3)12(17)14-10(2)11-4-6-13-7-5-11/h4-7,9-10,16H,8H2,1-3H3,(H,14,17). The number of likely N-dealkylation sites (N-methyl/N-ethyl adjacent to an activating group) is 1. The van der Waals surface area contributed by atoms with Crippen LogP contribution in [0.25, 0.3) is 0 Å². The number of rotatable bonds is 4. The third-order valence-electron chi connectivity index (χ3n) is 2.79. The summed E-state index contributed by atoms with van der Waals surface area (Å²) in [5, 5.41) is 11.8. The van der Waals surface area contributed by atoms with Gasteiger partial charge in [0.25, 0.3) is 0 Å². The Labute approximate surface area is 101 Å². The van der Waals surface area contributed by atoms with E-state index in [1.165, 1.54) is 4.90 Å². The SMILES string of the molecule is CC(NC(=O)N(C)C(C)CO)c1ccncc1. The van der Waals surface area contributed by atoms with Gasteiger partial charge in [0.05, 0.1) is 18.7 Å². The lowest BCUT2D eigenvalue weighted by atomic mass is 10.1. The Kier molecular flexibility index (Phi) is 4.90. The van der Waals surface area contributed by atoms with Gasteiger partial charge in [-0.2, -0.15) is 0 Å². The number of pyridine rings is 1. The van der Waals surface area contributed by atoms with Crippen LogP contribution in [0.5, 0.6) is 0 Å². The molecule has 0 bridgehead atoms. The normalized spacial score (nSPS) is 13.9. The Morgan fingerprint density at radius 2 is 2.06 bits per heavy atom. The lowest BCUT2D eigenvalue weighted by Crippen LogP contribution is -2.44. The molecule has 0 aromatic carbocycles. The summed E-state index contributed by atoms with van der Waals surface area (Å²) >= 11 is 0. The van der Waals surface area contributed by atoms with Crippen molar-refractivity contribution in [3.05, 3.63) is 30.1 Å². The van der Waals surface area contributed by atoms with Crippen molar-refractivity contribution in [3.8, 4) is 0 Å². The van der Waals surface area contributed by atoms with E-state index in [0.29, 0.717) is 0 Å². The third-order valence-corrected chi connectivity index (χ3v) is 2.79. The number of carbonyl (C=O) groups is 1. The van der Waals surface area contributed by atoms with Gasteiger partial charge in [-0.05, 0) is 31.5 Å². The van der Waals surface area contributed by atoms with E-state index >= 15 is 0 Å². The molecule has 1 rings (SSSR count). The number of hydrogen-bond donors (Lipinski definition) is 2. The summed E-state index contributed by atoms with van der Waals surface area (Å²) in [6.07, 6.45) is 3.39. The first kappa shape index (κ1) is 13.4. The summed E-state index contributed by atoms with van der Waals surface area (Å²) in [6, 6.07) is 3.25. The quantitative estimate of drug-likeness (QED) is 0.826. The fraction of sp³-hybridized carbons (Fsp3) is 0.500. The van der Waals surface area contributed by atoms with Crippen molar-refractivity contribution in [3.63, 3.8) is 0 Å². The summed E-state index contributed by atoms with van der Waals surface area (Å²) in [6.45, 7) is 3.65. The Hall–Kier alpha value is -1.62. The molecule has 2 unspecified atom stereocenters. The highest BCUT2D eigenvalue weighted by molar-refractivity contribution is 5.74. The summed E-state index contributed by atoms with van der Waals surface area (Å²) in [7, 11) is 1.66. The fourth-order valence-electron chi connectivity index (χ4n) is 1.35. The van der Waals surface area contributed by atoms with Crippen molar-refractivity contribution < 1.29 is 9.90 Å². The van der Waals surface area contributed by atoms with Gasteiger partial charge < -0.3 is 15.3 Å². The van der Waals surface area contributed by atoms with Crippen LogP contribution in [0.4, 0.5) is 4.79 Å². The van der Waals surface area contributed by atoms with E-state index in [9.17, 15) is 4.79 Å². The van der Waals surface area contributed by atoms with Crippen molar-refractivity contribution in [2.75, 3.05) is 13.7 Å². The minimum atomic E-state index is -0.198. The van der Waals surface area contributed by atoms with Gasteiger partial charge in [0, 0.05) is 19.4 Å². The monoisotopic (exact) mass is 237 g/mol. The van der Waals surface area contributed by atoms with E-state index in [-0.39, 0.29) is 24.7 Å². The van der Waals surface area contributed by atoms with Gasteiger partial charge >= 0.3 is 6.03 Å². The van der Waals surface area contributed by atoms with E-state index in [2.05, 4.69) is 10.3 Å². The molecule has 0 aliphatic rings. The number of amides is 2. The maximum Gasteiger partial charge on any atom is 0.317 e. The van der Waals surface area contributed by atoms with Crippen LogP contribution in [-0.2, 0) is 0 Å². The number of nitrogens with zero attached hydrogens (tertiary/aromatic N) is 2. The van der Waals surface area contributed by atoms with Crippen LogP contribution in [0.2, 0.25) is 0 Å². The fourth-order valence-corrected chi connectivity index (χ4v) is 1.35. The second-order valence-electron chi connectivity index (χ2n) is 4.09. The van der Waals surface area contributed by atoms with Gasteiger partial charge in [0.1, 0.15) is 0 Å². The summed E-state index contributed by atoms with van der Waals surface area (Å²) < 4.78 is 0. The van der Waals surface area contributed by atoms with E-state index < -0.39 is 0 Å². The lowest BCUT2D eigenvalue weighted by molar-refractivity contribution is 0.155. The zero-order chi connectivity index (χ0) is 12.8. The van der Waals surface area contributed by atoms with Crippen molar-refractivity contribution >= 4 is 6.03 Å². The van der Waals surface area contributed by atoms with Crippen LogP contribution in [0, 0.1) is 0 Å². The molecule has 2 N–H and O–H groups in total. The van der Waals surface area contributed by atoms with E-state index in [1.807, 2.05) is 19.1 Å². The van der Waals surface area contributed by atoms with E-state index in [0.717, 1.165) is 5.56 Å². The van der Waals surface area contributed by atoms with Gasteiger partial charge in [-0.1, -0.05) is 0 Å². The molecule has 2 atom stereocenters. The molecule has 0 saturated heterocycles. The molecule has 2 amide bonds. The maximum absolute atomic E-state index is 11.8. The van der Waals surface area contributed by atoms with Crippen LogP contribution in [0.15, 0.2) is 24.5 Å². The number of hydrogen-bond acceptors (Lipinski definition) is 3. The van der Waals surface area contributed by atoms with Crippen molar-refractivity contribution in [1.29, 1.82) is 0 Å². The maximum atomic E-state index is 11.8. The number of aliphatic hydroxyl groups excluding tert-OH is 1. The van der Waals surface area contributed by atoms with Gasteiger partial charge in [-0.3, -0.25) is 4.98 Å². The van der Waals surface area contributed by atoms with E-state index in [1.54, 1.807) is 26.4 Å². The average molecular weight is 237 g/mol. The largest absolute Gasteiger partial charge is 0.394 e. The molecule has 0 saturated carbocycles. The topological polar surface area (TPSA) is 65.5 Å². The van der Waals surface area contributed by atoms with Gasteiger partial charge in [-0.15, -0.1) is 0 Å². The second kappa shape index (κ2) is 6.20. The zero-order valence-electron chi connectivity index (χ0n) is 10.4. The highest BCUT2D eigenvalue weighted by Gasteiger charge is 2.17. The Morgan fingerprint density at radius 3 is 2.59 bits per heavy atom. The van der Waals surface area contributed by atoms with Crippen LogP contribution in [0.3, 0.4) is 0 Å². The molecule has 1 aromatic rings. The molecule has 5 heteroatoms. The number of carbonyl (C=O) groups excluding carboxylic acids is 1. The Bertz CT molecular complexity index is 356.